The number of H-pyrrole nitrogens is 1. The van der Waals surface area contributed by atoms with Crippen LogP contribution in [0.1, 0.15) is 26.2 Å². The lowest BCUT2D eigenvalue weighted by Crippen LogP contribution is -2.29. The van der Waals surface area contributed by atoms with Crippen LogP contribution in [0.3, 0.4) is 0 Å². The number of nitrogens with zero attached hydrogens (tertiary/aromatic N) is 2. The predicted octanol–water partition coefficient (Wildman–Crippen LogP) is 4.69. The first-order chi connectivity index (χ1) is 11.8. The second kappa shape index (κ2) is 5.96. The molecule has 1 aliphatic carbocycles. The molecule has 120 valence electrons. The SMILES string of the molecule is CCC(=O)N(C1=CCCC=C1)c1n[nH]c2c1ccc1ccccc12. The van der Waals surface area contributed by atoms with Gasteiger partial charge in [-0.3, -0.25) is 14.8 Å². The number of allylic oxidation sites excluding steroid dienone is 3. The van der Waals surface area contributed by atoms with Gasteiger partial charge in [0.1, 0.15) is 0 Å². The van der Waals surface area contributed by atoms with Crippen molar-refractivity contribution in [3.05, 3.63) is 60.3 Å². The van der Waals surface area contributed by atoms with Gasteiger partial charge in [0.25, 0.3) is 0 Å². The van der Waals surface area contributed by atoms with Gasteiger partial charge in [0.2, 0.25) is 5.91 Å². The summed E-state index contributed by atoms with van der Waals surface area (Å²) in [6, 6.07) is 12.3. The highest BCUT2D eigenvalue weighted by Gasteiger charge is 2.23. The van der Waals surface area contributed by atoms with E-state index in [0.717, 1.165) is 40.2 Å². The first-order valence-electron chi connectivity index (χ1n) is 8.35. The molecule has 1 N–H and O–H groups in total. The van der Waals surface area contributed by atoms with Gasteiger partial charge < -0.3 is 0 Å². The molecule has 2 aromatic carbocycles. The Balaban J connectivity index is 1.92. The Hall–Kier alpha value is -2.88. The summed E-state index contributed by atoms with van der Waals surface area (Å²) in [5.74, 6) is 0.731. The number of benzene rings is 2. The number of hydrogen-bond acceptors (Lipinski definition) is 2. The highest BCUT2D eigenvalue weighted by atomic mass is 16.2. The van der Waals surface area contributed by atoms with Gasteiger partial charge in [0.05, 0.1) is 5.52 Å². The quantitative estimate of drug-likeness (QED) is 0.761. The van der Waals surface area contributed by atoms with Crippen molar-refractivity contribution in [2.75, 3.05) is 4.90 Å². The molecule has 1 aliphatic rings. The molecular formula is C20H19N3O. The highest BCUT2D eigenvalue weighted by molar-refractivity contribution is 6.12. The molecule has 0 fully saturated rings. The van der Waals surface area contributed by atoms with Crippen molar-refractivity contribution in [3.8, 4) is 0 Å². The van der Waals surface area contributed by atoms with E-state index in [4.69, 9.17) is 0 Å². The van der Waals surface area contributed by atoms with Crippen molar-refractivity contribution < 1.29 is 4.79 Å². The van der Waals surface area contributed by atoms with Crippen LogP contribution in [0.5, 0.6) is 0 Å². The Bertz CT molecular complexity index is 981. The van der Waals surface area contributed by atoms with E-state index in [1.165, 1.54) is 0 Å². The number of carbonyl (C=O) groups is 1. The standard InChI is InChI=1S/C20H19N3O/c1-2-18(24)23(15-9-4-3-5-10-15)20-17-13-12-14-8-6-7-11-16(14)19(17)21-22-20/h4,6-13H,2-3,5H2,1H3,(H,21,22). The van der Waals surface area contributed by atoms with Crippen LogP contribution in [0.4, 0.5) is 5.82 Å². The minimum Gasteiger partial charge on any atom is -0.275 e. The number of nitrogens with one attached hydrogen (secondary N) is 1. The topological polar surface area (TPSA) is 49.0 Å². The Labute approximate surface area is 140 Å². The van der Waals surface area contributed by atoms with Crippen molar-refractivity contribution in [1.82, 2.24) is 10.2 Å². The summed E-state index contributed by atoms with van der Waals surface area (Å²) in [6.07, 6.45) is 8.63. The average Bonchev–Trinajstić information content (AvgIpc) is 3.07. The maximum Gasteiger partial charge on any atom is 0.232 e. The number of aromatic nitrogens is 2. The molecule has 0 spiro atoms. The molecule has 0 saturated heterocycles. The molecule has 4 rings (SSSR count). The van der Waals surface area contributed by atoms with E-state index in [-0.39, 0.29) is 5.91 Å². The van der Waals surface area contributed by atoms with E-state index in [2.05, 4.69) is 40.5 Å². The van der Waals surface area contributed by atoms with Crippen LogP contribution in [0.25, 0.3) is 21.7 Å². The predicted molar refractivity (Wildman–Crippen MR) is 97.8 cm³/mol. The third-order valence-electron chi connectivity index (χ3n) is 4.44. The van der Waals surface area contributed by atoms with Gasteiger partial charge in [-0.05, 0) is 30.4 Å². The Morgan fingerprint density at radius 3 is 2.83 bits per heavy atom. The van der Waals surface area contributed by atoms with Gasteiger partial charge >= 0.3 is 0 Å². The van der Waals surface area contributed by atoms with Crippen molar-refractivity contribution in [3.63, 3.8) is 0 Å². The van der Waals surface area contributed by atoms with Crippen LogP contribution >= 0.6 is 0 Å². The number of fused-ring (bicyclic) bond motifs is 3. The number of aromatic amines is 1. The number of anilines is 1. The lowest BCUT2D eigenvalue weighted by Gasteiger charge is -2.23. The molecule has 4 nitrogen and oxygen atoms in total. The van der Waals surface area contributed by atoms with E-state index in [1.807, 2.05) is 31.2 Å². The number of amides is 1. The summed E-state index contributed by atoms with van der Waals surface area (Å²) in [5, 5.41) is 10.9. The molecule has 3 aromatic rings. The molecule has 1 heterocycles. The monoisotopic (exact) mass is 317 g/mol. The number of carbonyl (C=O) groups excluding carboxylic acids is 1. The van der Waals surface area contributed by atoms with E-state index < -0.39 is 0 Å². The normalized spacial score (nSPS) is 14.1. The molecule has 1 aromatic heterocycles. The molecule has 0 saturated carbocycles. The molecule has 0 bridgehead atoms. The van der Waals surface area contributed by atoms with Gasteiger partial charge in [0.15, 0.2) is 5.82 Å². The molecule has 0 aliphatic heterocycles. The van der Waals surface area contributed by atoms with Gasteiger partial charge in [-0.25, -0.2) is 0 Å². The molecule has 4 heteroatoms. The second-order valence-corrected chi connectivity index (χ2v) is 5.95. The average molecular weight is 317 g/mol. The zero-order valence-electron chi connectivity index (χ0n) is 13.6. The fourth-order valence-electron chi connectivity index (χ4n) is 3.23. The smallest absolute Gasteiger partial charge is 0.232 e. The maximum absolute atomic E-state index is 12.6. The summed E-state index contributed by atoms with van der Waals surface area (Å²) in [5.41, 5.74) is 1.88. The van der Waals surface area contributed by atoms with Crippen molar-refractivity contribution >= 4 is 33.4 Å². The van der Waals surface area contributed by atoms with Gasteiger partial charge in [-0.1, -0.05) is 49.4 Å². The van der Waals surface area contributed by atoms with Gasteiger partial charge in [0, 0.05) is 22.9 Å². The largest absolute Gasteiger partial charge is 0.275 e. The Kier molecular flexibility index (Phi) is 3.65. The fourth-order valence-corrected chi connectivity index (χ4v) is 3.23. The lowest BCUT2D eigenvalue weighted by molar-refractivity contribution is -0.117. The number of hydrogen-bond donors (Lipinski definition) is 1. The van der Waals surface area contributed by atoms with Crippen molar-refractivity contribution in [2.24, 2.45) is 0 Å². The second-order valence-electron chi connectivity index (χ2n) is 5.95. The zero-order chi connectivity index (χ0) is 16.5. The van der Waals surface area contributed by atoms with Crippen LogP contribution in [-0.4, -0.2) is 16.1 Å². The summed E-state index contributed by atoms with van der Waals surface area (Å²) in [7, 11) is 0. The van der Waals surface area contributed by atoms with E-state index in [9.17, 15) is 4.79 Å². The first kappa shape index (κ1) is 14.7. The summed E-state index contributed by atoms with van der Waals surface area (Å²) in [6.45, 7) is 1.88. The first-order valence-corrected chi connectivity index (χ1v) is 8.35. The highest BCUT2D eigenvalue weighted by Crippen LogP contribution is 2.33. The zero-order valence-corrected chi connectivity index (χ0v) is 13.6. The number of rotatable bonds is 3. The van der Waals surface area contributed by atoms with Crippen LogP contribution in [-0.2, 0) is 4.79 Å². The molecule has 24 heavy (non-hydrogen) atoms. The van der Waals surface area contributed by atoms with Crippen molar-refractivity contribution in [2.45, 2.75) is 26.2 Å². The van der Waals surface area contributed by atoms with E-state index >= 15 is 0 Å². The third-order valence-corrected chi connectivity index (χ3v) is 4.44. The van der Waals surface area contributed by atoms with Crippen LogP contribution in [0.15, 0.2) is 60.3 Å². The third kappa shape index (κ3) is 2.31. The fraction of sp³-hybridized carbons (Fsp3) is 0.200. The van der Waals surface area contributed by atoms with Crippen molar-refractivity contribution in [1.29, 1.82) is 0 Å². The molecule has 0 atom stereocenters. The van der Waals surface area contributed by atoms with Gasteiger partial charge in [-0.2, -0.15) is 5.10 Å². The minimum atomic E-state index is 0.0503. The van der Waals surface area contributed by atoms with Gasteiger partial charge in [-0.15, -0.1) is 0 Å². The molecular weight excluding hydrogens is 298 g/mol. The summed E-state index contributed by atoms with van der Waals surface area (Å²) in [4.78, 5) is 14.4. The summed E-state index contributed by atoms with van der Waals surface area (Å²) < 4.78 is 0. The molecule has 1 amide bonds. The van der Waals surface area contributed by atoms with E-state index in [0.29, 0.717) is 12.2 Å². The van der Waals surface area contributed by atoms with Crippen LogP contribution in [0, 0.1) is 0 Å². The summed E-state index contributed by atoms with van der Waals surface area (Å²) >= 11 is 0. The Morgan fingerprint density at radius 1 is 1.17 bits per heavy atom. The van der Waals surface area contributed by atoms with Crippen LogP contribution in [0.2, 0.25) is 0 Å². The maximum atomic E-state index is 12.6. The lowest BCUT2D eigenvalue weighted by atomic mass is 10.1. The Morgan fingerprint density at radius 2 is 2.04 bits per heavy atom. The molecule has 0 radical (unpaired) electrons. The van der Waals surface area contributed by atoms with E-state index in [1.54, 1.807) is 4.90 Å². The van der Waals surface area contributed by atoms with Crippen LogP contribution < -0.4 is 4.90 Å². The minimum absolute atomic E-state index is 0.0503. The molecule has 0 unspecified atom stereocenters.